The molecule has 0 unspecified atom stereocenters. The molecule has 19 rings (SSSR count). The molecule has 13 nitrogen and oxygen atoms in total. The van der Waals surface area contributed by atoms with Crippen molar-refractivity contribution in [2.75, 3.05) is 0 Å². The molecule has 508 valence electrons. The summed E-state index contributed by atoms with van der Waals surface area (Å²) >= 11 is 3.32. The van der Waals surface area contributed by atoms with Gasteiger partial charge in [0.15, 0.2) is 46.6 Å². The van der Waals surface area contributed by atoms with Crippen molar-refractivity contribution >= 4 is 63.3 Å². The van der Waals surface area contributed by atoms with Crippen LogP contribution in [0, 0.1) is 11.3 Å². The summed E-state index contributed by atoms with van der Waals surface area (Å²) in [5, 5.41) is 35.2. The van der Waals surface area contributed by atoms with E-state index in [2.05, 4.69) is 72.8 Å². The molecule has 0 atom stereocenters. The molecule has 0 spiro atoms. The fourth-order valence-electron chi connectivity index (χ4n) is 13.6. The number of fused-ring (bicyclic) bond motifs is 6. The number of nitriles is 1. The first kappa shape index (κ1) is 65.6. The minimum Gasteiger partial charge on any atom is -0.507 e. The average molecular weight is 1420 g/mol. The molecule has 0 saturated heterocycles. The van der Waals surface area contributed by atoms with Crippen LogP contribution in [0.25, 0.3) is 188 Å². The van der Waals surface area contributed by atoms with Crippen LogP contribution < -0.4 is 0 Å². The summed E-state index contributed by atoms with van der Waals surface area (Å²) < 4.78 is 4.19. The molecule has 0 aliphatic rings. The van der Waals surface area contributed by atoms with E-state index in [1.165, 1.54) is 0 Å². The van der Waals surface area contributed by atoms with Gasteiger partial charge < -0.3 is 10.2 Å². The Kier molecular flexibility index (Phi) is 17.4. The van der Waals surface area contributed by atoms with Crippen LogP contribution in [0.1, 0.15) is 5.56 Å². The minimum atomic E-state index is 0.0934. The zero-order chi connectivity index (χ0) is 72.4. The van der Waals surface area contributed by atoms with E-state index in [4.69, 9.17) is 49.8 Å². The van der Waals surface area contributed by atoms with E-state index in [1.54, 1.807) is 46.9 Å². The third-order valence-electron chi connectivity index (χ3n) is 18.8. The average Bonchev–Trinajstić information content (AvgIpc) is 1.55. The van der Waals surface area contributed by atoms with Gasteiger partial charge in [0.1, 0.15) is 11.5 Å². The molecule has 0 bridgehead atoms. The van der Waals surface area contributed by atoms with E-state index in [-0.39, 0.29) is 11.5 Å². The molecule has 0 aliphatic heterocycles. The van der Waals surface area contributed by atoms with Crippen molar-refractivity contribution in [3.05, 3.63) is 339 Å². The van der Waals surface area contributed by atoms with Gasteiger partial charge >= 0.3 is 0 Å². The molecule has 0 aliphatic carbocycles. The maximum atomic E-state index is 11.6. The van der Waals surface area contributed by atoms with Crippen molar-refractivity contribution in [1.82, 2.24) is 49.8 Å². The first-order chi connectivity index (χ1) is 53.3. The zero-order valence-electron chi connectivity index (χ0n) is 57.4. The number of rotatable bonds is 13. The molecule has 0 radical (unpaired) electrons. The van der Waals surface area contributed by atoms with Crippen LogP contribution in [0.15, 0.2) is 334 Å². The van der Waals surface area contributed by atoms with Crippen LogP contribution in [0.3, 0.4) is 0 Å². The largest absolute Gasteiger partial charge is 0.507 e. The van der Waals surface area contributed by atoms with Gasteiger partial charge in [-0.3, -0.25) is 0 Å². The van der Waals surface area contributed by atoms with Gasteiger partial charge in [-0.2, -0.15) is 5.26 Å². The Bertz CT molecular complexity index is 6600. The van der Waals surface area contributed by atoms with Crippen molar-refractivity contribution in [2.45, 2.75) is 0 Å². The molecule has 6 aromatic heterocycles. The standard InChI is InChI=1S/C49H31N5OS.C44H26N6OS/c55-40-24-13-23-39(49-53-47(34-18-8-3-9-19-34)52-48(54-49)35-28-26-32(27-29-35)31-14-4-1-5-15-31)42(40)36-20-12-21-37(30-36)43-45-44(38-22-10-11-25-41(38)56-45)51-46(50-43)33-16-6-2-7-17-33;45-26-31-17-7-8-20-32(31)43-46-38(40-39(47-43)33-21-9-10-24-36(33)52-40)30-19-11-18-29(25-30)37-34(22-12-23-35(37)51)44-49-41(27-13-3-1-4-14-27)48-42(50-44)28-15-5-2-6-16-28/h1-30,55H;1-25,51H. The smallest absolute Gasteiger partial charge is 0.164 e. The fraction of sp³-hybridized carbons (Fsp3) is 0. The summed E-state index contributed by atoms with van der Waals surface area (Å²) in [5.74, 6) is 4.39. The number of benzene rings is 13. The summed E-state index contributed by atoms with van der Waals surface area (Å²) in [6.07, 6.45) is 0. The molecule has 108 heavy (non-hydrogen) atoms. The maximum absolute atomic E-state index is 11.6. The quantitative estimate of drug-likeness (QED) is 0.111. The Labute approximate surface area is 628 Å². The van der Waals surface area contributed by atoms with Crippen molar-refractivity contribution < 1.29 is 10.2 Å². The highest BCUT2D eigenvalue weighted by Crippen LogP contribution is 2.46. The number of aromatic nitrogens is 10. The van der Waals surface area contributed by atoms with Gasteiger partial charge in [-0.1, -0.05) is 285 Å². The summed E-state index contributed by atoms with van der Waals surface area (Å²) in [6.45, 7) is 0. The number of phenols is 2. The molecule has 15 heteroatoms. The topological polar surface area (TPSA) is 193 Å². The van der Waals surface area contributed by atoms with E-state index in [0.717, 1.165) is 113 Å². The van der Waals surface area contributed by atoms with Crippen LogP contribution in [0.5, 0.6) is 11.5 Å². The summed E-state index contributed by atoms with van der Waals surface area (Å²) in [6, 6.07) is 111. The van der Waals surface area contributed by atoms with Gasteiger partial charge in [0.05, 0.1) is 43.5 Å². The lowest BCUT2D eigenvalue weighted by molar-refractivity contribution is 0.477. The highest BCUT2D eigenvalue weighted by molar-refractivity contribution is 7.26. The number of hydrogen-bond donors (Lipinski definition) is 2. The SMILES string of the molecule is N#Cc1ccccc1-c1nc(-c2cccc(-c3c(O)cccc3-c3nc(-c4ccccc4)nc(-c4ccccc4)n3)c2)c2sc3ccccc3c2n1.Oc1cccc(-c2nc(-c3ccccc3)nc(-c3ccc(-c4ccccc4)cc3)n2)c1-c1cccc(-c2nc(-c3ccccc3)nc3c2sc2ccccc23)c1. The van der Waals surface area contributed by atoms with E-state index < -0.39 is 0 Å². The van der Waals surface area contributed by atoms with Gasteiger partial charge in [-0.25, -0.2) is 49.8 Å². The van der Waals surface area contributed by atoms with Crippen LogP contribution in [-0.4, -0.2) is 60.1 Å². The van der Waals surface area contributed by atoms with Crippen molar-refractivity contribution in [3.63, 3.8) is 0 Å². The van der Waals surface area contributed by atoms with E-state index in [9.17, 15) is 15.5 Å². The Balaban J connectivity index is 0.000000153. The predicted octanol–water partition coefficient (Wildman–Crippen LogP) is 23.0. The lowest BCUT2D eigenvalue weighted by Crippen LogP contribution is -2.01. The Hall–Kier alpha value is -14.4. The molecule has 6 heterocycles. The molecule has 0 saturated carbocycles. The second-order valence-corrected chi connectivity index (χ2v) is 27.7. The Morgan fingerprint density at radius 1 is 0.241 bits per heavy atom. The third kappa shape index (κ3) is 12.8. The highest BCUT2D eigenvalue weighted by atomic mass is 32.1. The molecule has 0 fully saturated rings. The molecule has 2 N–H and O–H groups in total. The Morgan fingerprint density at radius 2 is 0.537 bits per heavy atom. The summed E-state index contributed by atoms with van der Waals surface area (Å²) in [5.41, 5.74) is 17.0. The number of phenolic OH excluding ortho intramolecular Hbond substituents is 2. The molecule has 0 amide bonds. The summed E-state index contributed by atoms with van der Waals surface area (Å²) in [7, 11) is 0. The van der Waals surface area contributed by atoms with Crippen molar-refractivity contribution in [1.29, 1.82) is 5.26 Å². The van der Waals surface area contributed by atoms with Crippen LogP contribution in [-0.2, 0) is 0 Å². The minimum absolute atomic E-state index is 0.0934. The summed E-state index contributed by atoms with van der Waals surface area (Å²) in [4.78, 5) is 50.3. The van der Waals surface area contributed by atoms with Gasteiger partial charge in [0.2, 0.25) is 0 Å². The maximum Gasteiger partial charge on any atom is 0.164 e. The molecule has 13 aromatic carbocycles. The van der Waals surface area contributed by atoms with Gasteiger partial charge in [-0.15, -0.1) is 22.7 Å². The fourth-order valence-corrected chi connectivity index (χ4v) is 15.9. The highest BCUT2D eigenvalue weighted by Gasteiger charge is 2.25. The van der Waals surface area contributed by atoms with E-state index in [1.807, 2.05) is 243 Å². The van der Waals surface area contributed by atoms with Gasteiger partial charge in [0.25, 0.3) is 0 Å². The molecular formula is C93H57N11O2S2. The second-order valence-electron chi connectivity index (χ2n) is 25.6. The number of hydrogen-bond acceptors (Lipinski definition) is 15. The zero-order valence-corrected chi connectivity index (χ0v) is 59.0. The van der Waals surface area contributed by atoms with Crippen LogP contribution in [0.4, 0.5) is 0 Å². The Morgan fingerprint density at radius 3 is 0.981 bits per heavy atom. The first-order valence-corrected chi connectivity index (χ1v) is 36.6. The lowest BCUT2D eigenvalue weighted by Gasteiger charge is -2.14. The monoisotopic (exact) mass is 1420 g/mol. The van der Waals surface area contributed by atoms with Gasteiger partial charge in [-0.05, 0) is 70.8 Å². The molecular weight excluding hydrogens is 1370 g/mol. The molecule has 19 aromatic rings. The van der Waals surface area contributed by atoms with Crippen LogP contribution >= 0.6 is 22.7 Å². The second kappa shape index (κ2) is 28.7. The van der Waals surface area contributed by atoms with Gasteiger partial charge in [0, 0.05) is 86.9 Å². The van der Waals surface area contributed by atoms with Crippen molar-refractivity contribution in [3.8, 4) is 165 Å². The van der Waals surface area contributed by atoms with Crippen molar-refractivity contribution in [2.24, 2.45) is 0 Å². The normalized spacial score (nSPS) is 11.2. The number of nitrogens with zero attached hydrogens (tertiary/aromatic N) is 11. The third-order valence-corrected chi connectivity index (χ3v) is 21.1. The van der Waals surface area contributed by atoms with E-state index in [0.29, 0.717) is 80.0 Å². The first-order valence-electron chi connectivity index (χ1n) is 34.9. The number of thiophene rings is 2. The number of aromatic hydroxyl groups is 2. The predicted molar refractivity (Wildman–Crippen MR) is 435 cm³/mol. The van der Waals surface area contributed by atoms with Crippen LogP contribution in [0.2, 0.25) is 0 Å². The van der Waals surface area contributed by atoms with E-state index >= 15 is 0 Å². The lowest BCUT2D eigenvalue weighted by atomic mass is 9.95.